The fraction of sp³-hybridized carbons (Fsp3) is 1.00. The molecule has 0 unspecified atom stereocenters. The molecule has 0 aromatic rings. The van der Waals surface area contributed by atoms with Gasteiger partial charge in [-0.05, 0) is 18.3 Å². The van der Waals surface area contributed by atoms with Crippen LogP contribution < -0.4 is 0 Å². The smallest absolute Gasteiger partial charge is 0.00339 e. The zero-order valence-corrected chi connectivity index (χ0v) is 9.78. The van der Waals surface area contributed by atoms with Crippen LogP contribution in [0.1, 0.15) is 51.9 Å². The predicted molar refractivity (Wildman–Crippen MR) is 58.8 cm³/mol. The van der Waals surface area contributed by atoms with Gasteiger partial charge in [-0.1, -0.05) is 61.4 Å². The molecule has 72 valence electrons. The normalized spacial score (nSPS) is 30.5. The Balaban J connectivity index is 2.11. The maximum absolute atomic E-state index is 3.53. The lowest BCUT2D eigenvalue weighted by atomic mass is 9.79. The molecule has 0 spiro atoms. The van der Waals surface area contributed by atoms with Gasteiger partial charge in [-0.15, -0.1) is 0 Å². The Morgan fingerprint density at radius 2 is 1.50 bits per heavy atom. The van der Waals surface area contributed by atoms with Gasteiger partial charge in [0.15, 0.2) is 0 Å². The van der Waals surface area contributed by atoms with Gasteiger partial charge in [0, 0.05) is 5.33 Å². The van der Waals surface area contributed by atoms with Gasteiger partial charge >= 0.3 is 0 Å². The molecule has 0 heterocycles. The summed E-state index contributed by atoms with van der Waals surface area (Å²) >= 11 is 3.53. The molecule has 12 heavy (non-hydrogen) atoms. The van der Waals surface area contributed by atoms with Crippen LogP contribution in [0.4, 0.5) is 0 Å². The Kier molecular flexibility index (Phi) is 5.29. The molecule has 0 N–H and O–H groups in total. The maximum atomic E-state index is 3.53. The lowest BCUT2D eigenvalue weighted by Gasteiger charge is -2.27. The van der Waals surface area contributed by atoms with Crippen molar-refractivity contribution < 1.29 is 0 Å². The molecule has 1 aliphatic rings. The van der Waals surface area contributed by atoms with E-state index in [1.54, 1.807) is 0 Å². The number of rotatable bonds is 4. The zero-order valence-electron chi connectivity index (χ0n) is 8.19. The summed E-state index contributed by atoms with van der Waals surface area (Å²) in [6.07, 6.45) is 10.3. The van der Waals surface area contributed by atoms with E-state index in [0.29, 0.717) is 0 Å². The van der Waals surface area contributed by atoms with E-state index >= 15 is 0 Å². The van der Waals surface area contributed by atoms with Crippen LogP contribution in [0.3, 0.4) is 0 Å². The third-order valence-corrected chi connectivity index (χ3v) is 3.64. The van der Waals surface area contributed by atoms with Crippen molar-refractivity contribution in [3.63, 3.8) is 0 Å². The van der Waals surface area contributed by atoms with Crippen molar-refractivity contribution in [3.8, 4) is 0 Å². The highest BCUT2D eigenvalue weighted by atomic mass is 79.9. The molecule has 0 aliphatic heterocycles. The van der Waals surface area contributed by atoms with Gasteiger partial charge in [-0.25, -0.2) is 0 Å². The standard InChI is InChI=1S/C11H21Br/c1-2-3-10-4-6-11(7-5-10)8-9-12/h10-11H,2-9H2,1H3. The molecule has 1 aliphatic carbocycles. The van der Waals surface area contributed by atoms with Crippen molar-refractivity contribution in [1.82, 2.24) is 0 Å². The second kappa shape index (κ2) is 6.01. The van der Waals surface area contributed by atoms with E-state index in [2.05, 4.69) is 22.9 Å². The van der Waals surface area contributed by atoms with Crippen LogP contribution in [0.15, 0.2) is 0 Å². The van der Waals surface area contributed by atoms with E-state index < -0.39 is 0 Å². The summed E-state index contributed by atoms with van der Waals surface area (Å²) in [5.74, 6) is 2.11. The number of hydrogen-bond acceptors (Lipinski definition) is 0. The van der Waals surface area contributed by atoms with Crippen LogP contribution in [-0.2, 0) is 0 Å². The van der Waals surface area contributed by atoms with Gasteiger partial charge in [0.05, 0.1) is 0 Å². The molecule has 0 saturated heterocycles. The molecule has 0 nitrogen and oxygen atoms in total. The first-order valence-corrected chi connectivity index (χ1v) is 6.55. The minimum Gasteiger partial charge on any atom is -0.0928 e. The summed E-state index contributed by atoms with van der Waals surface area (Å²) < 4.78 is 0. The maximum Gasteiger partial charge on any atom is 0.00339 e. The van der Waals surface area contributed by atoms with Crippen LogP contribution in [0.5, 0.6) is 0 Å². The zero-order chi connectivity index (χ0) is 8.81. The topological polar surface area (TPSA) is 0 Å². The van der Waals surface area contributed by atoms with Gasteiger partial charge < -0.3 is 0 Å². The largest absolute Gasteiger partial charge is 0.0928 e. The average Bonchev–Trinajstić information content (AvgIpc) is 2.09. The summed E-state index contributed by atoms with van der Waals surface area (Å²) in [7, 11) is 0. The second-order valence-electron chi connectivity index (χ2n) is 4.15. The van der Waals surface area contributed by atoms with Crippen molar-refractivity contribution in [2.24, 2.45) is 11.8 Å². The first kappa shape index (κ1) is 10.6. The SMILES string of the molecule is CCCC1CCC(CCBr)CC1. The fourth-order valence-electron chi connectivity index (χ4n) is 2.37. The third kappa shape index (κ3) is 3.47. The minimum absolute atomic E-state index is 1.04. The lowest BCUT2D eigenvalue weighted by molar-refractivity contribution is 0.259. The molecule has 0 radical (unpaired) electrons. The van der Waals surface area contributed by atoms with Crippen molar-refractivity contribution in [2.75, 3.05) is 5.33 Å². The summed E-state index contributed by atoms with van der Waals surface area (Å²) in [6, 6.07) is 0. The Bertz CT molecular complexity index is 89.6. The van der Waals surface area contributed by atoms with E-state index in [1.165, 1.54) is 50.3 Å². The number of hydrogen-bond donors (Lipinski definition) is 0. The Hall–Kier alpha value is 0.480. The predicted octanol–water partition coefficient (Wildman–Crippen LogP) is 4.38. The van der Waals surface area contributed by atoms with E-state index in [1.807, 2.05) is 0 Å². The molecule has 1 rings (SSSR count). The van der Waals surface area contributed by atoms with Gasteiger partial charge in [0.25, 0.3) is 0 Å². The van der Waals surface area contributed by atoms with Crippen molar-refractivity contribution in [2.45, 2.75) is 51.9 Å². The van der Waals surface area contributed by atoms with E-state index in [0.717, 1.165) is 11.8 Å². The van der Waals surface area contributed by atoms with Crippen LogP contribution in [0.25, 0.3) is 0 Å². The molecule has 0 atom stereocenters. The monoisotopic (exact) mass is 232 g/mol. The molecular weight excluding hydrogens is 212 g/mol. The molecule has 1 heteroatoms. The molecule has 0 bridgehead atoms. The lowest BCUT2D eigenvalue weighted by Crippen LogP contribution is -2.14. The molecule has 0 aromatic carbocycles. The molecule has 0 amide bonds. The Labute approximate surface area is 85.3 Å². The van der Waals surface area contributed by atoms with Crippen molar-refractivity contribution in [3.05, 3.63) is 0 Å². The Morgan fingerprint density at radius 1 is 1.00 bits per heavy atom. The summed E-state index contributed by atoms with van der Waals surface area (Å²) in [5, 5.41) is 1.20. The second-order valence-corrected chi connectivity index (χ2v) is 4.95. The van der Waals surface area contributed by atoms with E-state index in [4.69, 9.17) is 0 Å². The highest BCUT2D eigenvalue weighted by Gasteiger charge is 2.19. The Morgan fingerprint density at radius 3 is 1.92 bits per heavy atom. The molecule has 1 saturated carbocycles. The number of halogens is 1. The van der Waals surface area contributed by atoms with Crippen LogP contribution in [0, 0.1) is 11.8 Å². The highest BCUT2D eigenvalue weighted by molar-refractivity contribution is 9.09. The van der Waals surface area contributed by atoms with E-state index in [-0.39, 0.29) is 0 Å². The summed E-state index contributed by atoms with van der Waals surface area (Å²) in [5.41, 5.74) is 0. The molecule has 0 aromatic heterocycles. The first-order valence-electron chi connectivity index (χ1n) is 5.42. The van der Waals surface area contributed by atoms with Gasteiger partial charge in [-0.3, -0.25) is 0 Å². The van der Waals surface area contributed by atoms with Crippen LogP contribution >= 0.6 is 15.9 Å². The highest BCUT2D eigenvalue weighted by Crippen LogP contribution is 2.33. The third-order valence-electron chi connectivity index (χ3n) is 3.18. The molecular formula is C11H21Br. The van der Waals surface area contributed by atoms with Crippen molar-refractivity contribution >= 4 is 15.9 Å². The van der Waals surface area contributed by atoms with Crippen LogP contribution in [-0.4, -0.2) is 5.33 Å². The van der Waals surface area contributed by atoms with Gasteiger partial charge in [-0.2, -0.15) is 0 Å². The number of alkyl halides is 1. The van der Waals surface area contributed by atoms with Gasteiger partial charge in [0.2, 0.25) is 0 Å². The summed E-state index contributed by atoms with van der Waals surface area (Å²) in [4.78, 5) is 0. The fourth-order valence-corrected chi connectivity index (χ4v) is 3.02. The first-order chi connectivity index (χ1) is 5.86. The van der Waals surface area contributed by atoms with Crippen LogP contribution in [0.2, 0.25) is 0 Å². The van der Waals surface area contributed by atoms with E-state index in [9.17, 15) is 0 Å². The molecule has 1 fully saturated rings. The van der Waals surface area contributed by atoms with Crippen molar-refractivity contribution in [1.29, 1.82) is 0 Å². The minimum atomic E-state index is 1.04. The van der Waals surface area contributed by atoms with Gasteiger partial charge in [0.1, 0.15) is 0 Å². The summed E-state index contributed by atoms with van der Waals surface area (Å²) in [6.45, 7) is 2.31. The quantitative estimate of drug-likeness (QED) is 0.632. The average molecular weight is 233 g/mol.